The van der Waals surface area contributed by atoms with Crippen LogP contribution in [0, 0.1) is 0 Å². The molecule has 0 aliphatic carbocycles. The molecule has 0 radical (unpaired) electrons. The second-order valence-electron chi connectivity index (χ2n) is 4.50. The molecule has 0 atom stereocenters. The van der Waals surface area contributed by atoms with Gasteiger partial charge in [-0.3, -0.25) is 0 Å². The molecular weight excluding hydrogens is 356 g/mol. The van der Waals surface area contributed by atoms with E-state index in [-0.39, 0.29) is 4.90 Å². The Kier molecular flexibility index (Phi) is 4.90. The highest BCUT2D eigenvalue weighted by molar-refractivity contribution is 9.10. The van der Waals surface area contributed by atoms with Crippen molar-refractivity contribution in [3.8, 4) is 11.5 Å². The van der Waals surface area contributed by atoms with E-state index in [0.29, 0.717) is 12.4 Å². The first-order valence-electron chi connectivity index (χ1n) is 6.15. The van der Waals surface area contributed by atoms with Crippen molar-refractivity contribution in [3.05, 3.63) is 52.5 Å². The second kappa shape index (κ2) is 6.49. The summed E-state index contributed by atoms with van der Waals surface area (Å²) in [4.78, 5) is 0.280. The van der Waals surface area contributed by atoms with Crippen LogP contribution in [0.15, 0.2) is 51.8 Å². The average Bonchev–Trinajstić information content (AvgIpc) is 2.45. The van der Waals surface area contributed by atoms with E-state index in [2.05, 4.69) is 15.9 Å². The smallest absolute Gasteiger partial charge is 0.175 e. The van der Waals surface area contributed by atoms with E-state index >= 15 is 0 Å². The average molecular weight is 371 g/mol. The quantitative estimate of drug-likeness (QED) is 0.808. The summed E-state index contributed by atoms with van der Waals surface area (Å²) in [6.45, 7) is 0.390. The van der Waals surface area contributed by atoms with Gasteiger partial charge in [-0.15, -0.1) is 0 Å². The fourth-order valence-electron chi connectivity index (χ4n) is 1.75. The predicted molar refractivity (Wildman–Crippen MR) is 84.6 cm³/mol. The first-order valence-corrected chi connectivity index (χ1v) is 8.84. The summed E-state index contributed by atoms with van der Waals surface area (Å²) in [5, 5.41) is 0. The molecule has 0 unspecified atom stereocenters. The van der Waals surface area contributed by atoms with Crippen LogP contribution >= 0.6 is 15.9 Å². The molecule has 6 heteroatoms. The molecule has 0 N–H and O–H groups in total. The molecule has 0 amide bonds. The zero-order valence-electron chi connectivity index (χ0n) is 11.7. The standard InChI is InChI=1S/C15H15BrO4S/c1-19-15-8-3-11(9-14(15)16)10-20-12-4-6-13(7-5-12)21(2,17)18/h3-9H,10H2,1-2H3. The van der Waals surface area contributed by atoms with Crippen molar-refractivity contribution in [2.45, 2.75) is 11.5 Å². The minimum Gasteiger partial charge on any atom is -0.496 e. The van der Waals surface area contributed by atoms with Gasteiger partial charge in [0.2, 0.25) is 0 Å². The summed E-state index contributed by atoms with van der Waals surface area (Å²) in [7, 11) is -1.56. The predicted octanol–water partition coefficient (Wildman–Crippen LogP) is 3.44. The maximum atomic E-state index is 11.4. The highest BCUT2D eigenvalue weighted by Crippen LogP contribution is 2.26. The largest absolute Gasteiger partial charge is 0.496 e. The SMILES string of the molecule is COc1ccc(COc2ccc(S(C)(=O)=O)cc2)cc1Br. The van der Waals surface area contributed by atoms with Crippen LogP contribution in [0.1, 0.15) is 5.56 Å². The van der Waals surface area contributed by atoms with E-state index in [1.165, 1.54) is 18.4 Å². The Balaban J connectivity index is 2.05. The van der Waals surface area contributed by atoms with Gasteiger partial charge in [0.1, 0.15) is 18.1 Å². The molecule has 21 heavy (non-hydrogen) atoms. The number of rotatable bonds is 5. The number of ether oxygens (including phenoxy) is 2. The summed E-state index contributed by atoms with van der Waals surface area (Å²) in [5.41, 5.74) is 0.981. The number of benzene rings is 2. The zero-order chi connectivity index (χ0) is 15.5. The van der Waals surface area contributed by atoms with Crippen molar-refractivity contribution in [2.24, 2.45) is 0 Å². The lowest BCUT2D eigenvalue weighted by Crippen LogP contribution is -1.98. The van der Waals surface area contributed by atoms with Crippen molar-refractivity contribution < 1.29 is 17.9 Å². The number of methoxy groups -OCH3 is 1. The normalized spacial score (nSPS) is 11.2. The molecule has 0 aliphatic rings. The Bertz CT molecular complexity index is 724. The van der Waals surface area contributed by atoms with Crippen LogP contribution in [0.3, 0.4) is 0 Å². The highest BCUT2D eigenvalue weighted by Gasteiger charge is 2.07. The molecule has 0 aliphatic heterocycles. The molecule has 2 aromatic carbocycles. The Morgan fingerprint density at radius 1 is 1.10 bits per heavy atom. The summed E-state index contributed by atoms with van der Waals surface area (Å²) >= 11 is 3.42. The van der Waals surface area contributed by atoms with Crippen LogP contribution in [0.4, 0.5) is 0 Å². The number of halogens is 1. The highest BCUT2D eigenvalue weighted by atomic mass is 79.9. The van der Waals surface area contributed by atoms with E-state index in [1.54, 1.807) is 19.2 Å². The van der Waals surface area contributed by atoms with Gasteiger partial charge in [0.05, 0.1) is 16.5 Å². The summed E-state index contributed by atoms with van der Waals surface area (Å²) in [6, 6.07) is 12.1. The second-order valence-corrected chi connectivity index (χ2v) is 7.37. The molecule has 0 saturated heterocycles. The lowest BCUT2D eigenvalue weighted by atomic mass is 10.2. The van der Waals surface area contributed by atoms with Crippen LogP contribution in [-0.4, -0.2) is 21.8 Å². The van der Waals surface area contributed by atoms with E-state index in [0.717, 1.165) is 15.8 Å². The van der Waals surface area contributed by atoms with Crippen LogP contribution in [0.2, 0.25) is 0 Å². The molecule has 112 valence electrons. The third-order valence-corrected chi connectivity index (χ3v) is 4.62. The molecule has 0 aromatic heterocycles. The molecule has 2 rings (SSSR count). The van der Waals surface area contributed by atoms with Gasteiger partial charge in [0, 0.05) is 6.26 Å². The number of hydrogen-bond acceptors (Lipinski definition) is 4. The van der Waals surface area contributed by atoms with Crippen molar-refractivity contribution in [1.29, 1.82) is 0 Å². The third kappa shape index (κ3) is 4.22. The fraction of sp³-hybridized carbons (Fsp3) is 0.200. The maximum absolute atomic E-state index is 11.4. The van der Waals surface area contributed by atoms with Crippen molar-refractivity contribution in [1.82, 2.24) is 0 Å². The molecule has 0 spiro atoms. The van der Waals surface area contributed by atoms with Gasteiger partial charge in [-0.2, -0.15) is 0 Å². The van der Waals surface area contributed by atoms with Crippen LogP contribution < -0.4 is 9.47 Å². The molecule has 2 aromatic rings. The van der Waals surface area contributed by atoms with Crippen molar-refractivity contribution in [2.75, 3.05) is 13.4 Å². The van der Waals surface area contributed by atoms with Gasteiger partial charge in [-0.25, -0.2) is 8.42 Å². The lowest BCUT2D eigenvalue weighted by Gasteiger charge is -2.09. The fourth-order valence-corrected chi connectivity index (χ4v) is 2.97. The Morgan fingerprint density at radius 2 is 1.76 bits per heavy atom. The monoisotopic (exact) mass is 370 g/mol. The molecular formula is C15H15BrO4S. The van der Waals surface area contributed by atoms with Gasteiger partial charge in [-0.1, -0.05) is 6.07 Å². The van der Waals surface area contributed by atoms with E-state index < -0.39 is 9.84 Å². The van der Waals surface area contributed by atoms with E-state index in [4.69, 9.17) is 9.47 Å². The molecule has 0 saturated carbocycles. The molecule has 0 heterocycles. The van der Waals surface area contributed by atoms with Crippen molar-refractivity contribution in [3.63, 3.8) is 0 Å². The first kappa shape index (κ1) is 15.9. The Labute approximate surface area is 132 Å². The van der Waals surface area contributed by atoms with E-state index in [1.807, 2.05) is 18.2 Å². The molecule has 0 bridgehead atoms. The van der Waals surface area contributed by atoms with Crippen molar-refractivity contribution >= 4 is 25.8 Å². The van der Waals surface area contributed by atoms with Gasteiger partial charge < -0.3 is 9.47 Å². The maximum Gasteiger partial charge on any atom is 0.175 e. The zero-order valence-corrected chi connectivity index (χ0v) is 14.1. The molecule has 4 nitrogen and oxygen atoms in total. The lowest BCUT2D eigenvalue weighted by molar-refractivity contribution is 0.305. The number of hydrogen-bond donors (Lipinski definition) is 0. The van der Waals surface area contributed by atoms with Gasteiger partial charge in [-0.05, 0) is 57.9 Å². The van der Waals surface area contributed by atoms with E-state index in [9.17, 15) is 8.42 Å². The van der Waals surface area contributed by atoms with Crippen LogP contribution in [0.25, 0.3) is 0 Å². The Hall–Kier alpha value is -1.53. The van der Waals surface area contributed by atoms with Gasteiger partial charge >= 0.3 is 0 Å². The Morgan fingerprint density at radius 3 is 2.29 bits per heavy atom. The number of sulfone groups is 1. The summed E-state index contributed by atoms with van der Waals surface area (Å²) in [5.74, 6) is 1.38. The molecule has 0 fully saturated rings. The summed E-state index contributed by atoms with van der Waals surface area (Å²) in [6.07, 6.45) is 1.18. The van der Waals surface area contributed by atoms with Gasteiger partial charge in [0.25, 0.3) is 0 Å². The topological polar surface area (TPSA) is 52.6 Å². The first-order chi connectivity index (χ1) is 9.90. The third-order valence-electron chi connectivity index (χ3n) is 2.87. The minimum absolute atomic E-state index is 0.280. The van der Waals surface area contributed by atoms with Crippen LogP contribution in [0.5, 0.6) is 11.5 Å². The summed E-state index contributed by atoms with van der Waals surface area (Å²) < 4.78 is 34.4. The minimum atomic E-state index is -3.18. The van der Waals surface area contributed by atoms with Crippen LogP contribution in [-0.2, 0) is 16.4 Å². The van der Waals surface area contributed by atoms with Gasteiger partial charge in [0.15, 0.2) is 9.84 Å².